The van der Waals surface area contributed by atoms with E-state index in [0.717, 1.165) is 16.0 Å². The summed E-state index contributed by atoms with van der Waals surface area (Å²) in [5, 5.41) is 4.64. The van der Waals surface area contributed by atoms with Crippen LogP contribution in [0.2, 0.25) is 0 Å². The lowest BCUT2D eigenvalue weighted by Gasteiger charge is -1.97. The van der Waals surface area contributed by atoms with Crippen LogP contribution in [-0.2, 0) is 0 Å². The molecule has 0 spiro atoms. The van der Waals surface area contributed by atoms with Crippen LogP contribution in [0, 0.1) is 19.7 Å². The van der Waals surface area contributed by atoms with Gasteiger partial charge < -0.3 is 10.3 Å². The molecule has 0 fully saturated rings. The van der Waals surface area contributed by atoms with E-state index in [4.69, 9.17) is 10.3 Å². The molecule has 1 aromatic carbocycles. The van der Waals surface area contributed by atoms with Crippen LogP contribution in [0.15, 0.2) is 28.8 Å². The quantitative estimate of drug-likeness (QED) is 0.779. The fourth-order valence-electron chi connectivity index (χ4n) is 1.94. The van der Waals surface area contributed by atoms with Crippen LogP contribution in [0.1, 0.15) is 11.1 Å². The van der Waals surface area contributed by atoms with Crippen LogP contribution in [0.5, 0.6) is 0 Å². The Hall–Kier alpha value is -2.21. The molecule has 2 aromatic heterocycles. The van der Waals surface area contributed by atoms with Gasteiger partial charge in [-0.1, -0.05) is 5.16 Å². The van der Waals surface area contributed by atoms with Crippen LogP contribution in [-0.4, -0.2) is 10.1 Å². The molecule has 2 heterocycles. The van der Waals surface area contributed by atoms with Gasteiger partial charge in [-0.3, -0.25) is 0 Å². The number of hydrogen-bond acceptors (Lipinski definition) is 5. The molecular formula is C14H12FN3OS. The molecule has 20 heavy (non-hydrogen) atoms. The predicted molar refractivity (Wildman–Crippen MR) is 76.9 cm³/mol. The molecule has 0 unspecified atom stereocenters. The van der Waals surface area contributed by atoms with E-state index in [1.165, 1.54) is 17.4 Å². The molecule has 4 nitrogen and oxygen atoms in total. The van der Waals surface area contributed by atoms with Crippen LogP contribution >= 0.6 is 11.3 Å². The van der Waals surface area contributed by atoms with Gasteiger partial charge in [-0.05, 0) is 49.2 Å². The Labute approximate surface area is 119 Å². The number of halogens is 1. The number of rotatable bonds is 2. The molecule has 2 N–H and O–H groups in total. The largest absolute Gasteiger partial charge is 0.391 e. The van der Waals surface area contributed by atoms with Crippen LogP contribution in [0.4, 0.5) is 9.39 Å². The van der Waals surface area contributed by atoms with E-state index in [9.17, 15) is 4.39 Å². The predicted octanol–water partition coefficient (Wildman–Crippen LogP) is 3.80. The highest BCUT2D eigenvalue weighted by Gasteiger charge is 2.15. The van der Waals surface area contributed by atoms with Gasteiger partial charge in [0.1, 0.15) is 5.82 Å². The molecule has 0 saturated carbocycles. The minimum atomic E-state index is -0.251. The number of nitrogen functional groups attached to an aromatic ring is 1. The molecule has 6 heteroatoms. The molecule has 102 valence electrons. The summed E-state index contributed by atoms with van der Waals surface area (Å²) in [5.41, 5.74) is 8.03. The van der Waals surface area contributed by atoms with Gasteiger partial charge in [-0.2, -0.15) is 4.98 Å². The number of aryl methyl sites for hydroxylation is 2. The molecule has 0 bridgehead atoms. The normalized spacial score (nSPS) is 10.9. The van der Waals surface area contributed by atoms with Crippen molar-refractivity contribution in [2.45, 2.75) is 13.8 Å². The van der Waals surface area contributed by atoms with E-state index in [1.807, 2.05) is 13.0 Å². The zero-order valence-electron chi connectivity index (χ0n) is 11.0. The number of anilines is 1. The Kier molecular flexibility index (Phi) is 3.02. The number of aromatic nitrogens is 2. The monoisotopic (exact) mass is 289 g/mol. The zero-order chi connectivity index (χ0) is 14.3. The summed E-state index contributed by atoms with van der Waals surface area (Å²) in [7, 11) is 0. The zero-order valence-corrected chi connectivity index (χ0v) is 11.8. The summed E-state index contributed by atoms with van der Waals surface area (Å²) in [6.45, 7) is 3.64. The standard InChI is InChI=1S/C14H12FN3OS/c1-7-5-9(3-4-10(7)15)13-17-14(19-18-13)12-8(2)6-11(16)20-12/h3-6H,16H2,1-2H3. The van der Waals surface area contributed by atoms with Crippen molar-refractivity contribution in [3.05, 3.63) is 41.2 Å². The first-order valence-electron chi connectivity index (χ1n) is 6.01. The smallest absolute Gasteiger partial charge is 0.268 e. The highest BCUT2D eigenvalue weighted by molar-refractivity contribution is 7.19. The SMILES string of the molecule is Cc1cc(-c2noc(-c3sc(N)cc3C)n2)ccc1F. The van der Waals surface area contributed by atoms with Crippen molar-refractivity contribution in [1.82, 2.24) is 10.1 Å². The van der Waals surface area contributed by atoms with Crippen molar-refractivity contribution in [3.63, 3.8) is 0 Å². The van der Waals surface area contributed by atoms with Gasteiger partial charge in [0.25, 0.3) is 5.89 Å². The molecule has 0 aliphatic rings. The Balaban J connectivity index is 2.01. The van der Waals surface area contributed by atoms with Crippen molar-refractivity contribution >= 4 is 16.3 Å². The molecule has 0 radical (unpaired) electrons. The number of thiophene rings is 1. The first-order chi connectivity index (χ1) is 9.54. The third kappa shape index (κ3) is 2.18. The third-order valence-electron chi connectivity index (χ3n) is 2.97. The summed E-state index contributed by atoms with van der Waals surface area (Å²) < 4.78 is 18.5. The average molecular weight is 289 g/mol. The molecular weight excluding hydrogens is 277 g/mol. The lowest BCUT2D eigenvalue weighted by Crippen LogP contribution is -1.86. The average Bonchev–Trinajstić information content (AvgIpc) is 2.99. The van der Waals surface area contributed by atoms with Crippen LogP contribution in [0.25, 0.3) is 22.2 Å². The van der Waals surface area contributed by atoms with E-state index in [1.54, 1.807) is 19.1 Å². The van der Waals surface area contributed by atoms with Crippen molar-refractivity contribution in [3.8, 4) is 22.2 Å². The summed E-state index contributed by atoms with van der Waals surface area (Å²) in [6.07, 6.45) is 0. The van der Waals surface area contributed by atoms with Crippen molar-refractivity contribution in [2.24, 2.45) is 0 Å². The number of nitrogens with two attached hydrogens (primary N) is 1. The van der Waals surface area contributed by atoms with E-state index in [2.05, 4.69) is 10.1 Å². The molecule has 0 saturated heterocycles. The summed E-state index contributed by atoms with van der Waals surface area (Å²) in [6, 6.07) is 6.59. The van der Waals surface area contributed by atoms with E-state index >= 15 is 0 Å². The number of nitrogens with zero attached hydrogens (tertiary/aromatic N) is 2. The first-order valence-corrected chi connectivity index (χ1v) is 6.83. The summed E-state index contributed by atoms with van der Waals surface area (Å²) in [4.78, 5) is 5.21. The maximum Gasteiger partial charge on any atom is 0.268 e. The van der Waals surface area contributed by atoms with Crippen molar-refractivity contribution in [2.75, 3.05) is 5.73 Å². The second-order valence-electron chi connectivity index (χ2n) is 4.55. The highest BCUT2D eigenvalue weighted by Crippen LogP contribution is 2.33. The second kappa shape index (κ2) is 4.72. The number of hydrogen-bond donors (Lipinski definition) is 1. The van der Waals surface area contributed by atoms with Gasteiger partial charge >= 0.3 is 0 Å². The van der Waals surface area contributed by atoms with Gasteiger partial charge in [0.05, 0.1) is 9.88 Å². The highest BCUT2D eigenvalue weighted by atomic mass is 32.1. The Morgan fingerprint density at radius 2 is 2.00 bits per heavy atom. The van der Waals surface area contributed by atoms with E-state index in [0.29, 0.717) is 22.3 Å². The van der Waals surface area contributed by atoms with E-state index < -0.39 is 0 Å². The molecule has 0 aliphatic carbocycles. The first kappa shape index (κ1) is 12.8. The molecule has 3 rings (SSSR count). The second-order valence-corrected chi connectivity index (χ2v) is 5.63. The van der Waals surface area contributed by atoms with Gasteiger partial charge in [-0.15, -0.1) is 11.3 Å². The lowest BCUT2D eigenvalue weighted by molar-refractivity contribution is 0.433. The topological polar surface area (TPSA) is 64.9 Å². The van der Waals surface area contributed by atoms with Crippen LogP contribution < -0.4 is 5.73 Å². The molecule has 0 amide bonds. The fourth-order valence-corrected chi connectivity index (χ4v) is 2.80. The third-order valence-corrected chi connectivity index (χ3v) is 4.03. The lowest BCUT2D eigenvalue weighted by atomic mass is 10.1. The van der Waals surface area contributed by atoms with Crippen molar-refractivity contribution in [1.29, 1.82) is 0 Å². The molecule has 0 atom stereocenters. The minimum absolute atomic E-state index is 0.251. The maximum absolute atomic E-state index is 13.3. The van der Waals surface area contributed by atoms with Crippen molar-refractivity contribution < 1.29 is 8.91 Å². The Bertz CT molecular complexity index is 779. The van der Waals surface area contributed by atoms with Gasteiger partial charge in [0.15, 0.2) is 0 Å². The van der Waals surface area contributed by atoms with Gasteiger partial charge in [0.2, 0.25) is 5.82 Å². The Morgan fingerprint density at radius 3 is 2.65 bits per heavy atom. The molecule has 3 aromatic rings. The van der Waals surface area contributed by atoms with Gasteiger partial charge in [-0.25, -0.2) is 4.39 Å². The molecule has 0 aliphatic heterocycles. The maximum atomic E-state index is 13.3. The van der Waals surface area contributed by atoms with E-state index in [-0.39, 0.29) is 5.82 Å². The summed E-state index contributed by atoms with van der Waals surface area (Å²) >= 11 is 1.40. The number of benzene rings is 1. The van der Waals surface area contributed by atoms with Gasteiger partial charge in [0, 0.05) is 5.56 Å². The summed E-state index contributed by atoms with van der Waals surface area (Å²) in [5.74, 6) is 0.620. The minimum Gasteiger partial charge on any atom is -0.391 e. The van der Waals surface area contributed by atoms with Crippen LogP contribution in [0.3, 0.4) is 0 Å². The fraction of sp³-hybridized carbons (Fsp3) is 0.143. The Morgan fingerprint density at radius 1 is 1.20 bits per heavy atom.